The van der Waals surface area contributed by atoms with E-state index in [1.807, 2.05) is 0 Å². The Morgan fingerprint density at radius 2 is 2.29 bits per heavy atom. The lowest BCUT2D eigenvalue weighted by Gasteiger charge is -2.12. The van der Waals surface area contributed by atoms with Gasteiger partial charge in [0.25, 0.3) is 0 Å². The van der Waals surface area contributed by atoms with Gasteiger partial charge < -0.3 is 19.3 Å². The lowest BCUT2D eigenvalue weighted by Crippen LogP contribution is -2.16. The summed E-state index contributed by atoms with van der Waals surface area (Å²) in [4.78, 5) is 11.3. The zero-order valence-corrected chi connectivity index (χ0v) is 9.51. The fourth-order valence-corrected chi connectivity index (χ4v) is 1.69. The Hall–Kier alpha value is -1.75. The SMILES string of the molecule is COC(=O)c1cc(O)cc(O[C@H]2CCOC2)c1. The molecule has 0 radical (unpaired) electrons. The average molecular weight is 238 g/mol. The van der Waals surface area contributed by atoms with E-state index in [1.165, 1.54) is 19.2 Å². The Bertz CT molecular complexity index is 409. The van der Waals surface area contributed by atoms with E-state index >= 15 is 0 Å². The highest BCUT2D eigenvalue weighted by Crippen LogP contribution is 2.24. The third-order valence-corrected chi connectivity index (χ3v) is 2.50. The summed E-state index contributed by atoms with van der Waals surface area (Å²) >= 11 is 0. The largest absolute Gasteiger partial charge is 0.508 e. The molecule has 2 rings (SSSR count). The van der Waals surface area contributed by atoms with Gasteiger partial charge in [-0.3, -0.25) is 0 Å². The topological polar surface area (TPSA) is 65.0 Å². The number of hydrogen-bond donors (Lipinski definition) is 1. The van der Waals surface area contributed by atoms with Crippen LogP contribution < -0.4 is 4.74 Å². The zero-order valence-electron chi connectivity index (χ0n) is 9.51. The average Bonchev–Trinajstić information content (AvgIpc) is 2.80. The molecule has 5 nitrogen and oxygen atoms in total. The highest BCUT2D eigenvalue weighted by Gasteiger charge is 2.18. The first-order valence-corrected chi connectivity index (χ1v) is 5.36. The summed E-state index contributed by atoms with van der Waals surface area (Å²) in [7, 11) is 1.29. The molecule has 0 saturated carbocycles. The molecule has 1 aliphatic heterocycles. The highest BCUT2D eigenvalue weighted by atomic mass is 16.5. The number of carbonyl (C=O) groups is 1. The number of phenolic OH excluding ortho intramolecular Hbond substituents is 1. The van der Waals surface area contributed by atoms with Crippen LogP contribution in [0.5, 0.6) is 11.5 Å². The van der Waals surface area contributed by atoms with Crippen LogP contribution in [-0.4, -0.2) is 37.5 Å². The second kappa shape index (κ2) is 5.05. The van der Waals surface area contributed by atoms with Crippen LogP contribution in [0.4, 0.5) is 0 Å². The van der Waals surface area contributed by atoms with Gasteiger partial charge in [-0.2, -0.15) is 0 Å². The van der Waals surface area contributed by atoms with Gasteiger partial charge in [-0.1, -0.05) is 0 Å². The van der Waals surface area contributed by atoms with Crippen molar-refractivity contribution in [1.82, 2.24) is 0 Å². The second-order valence-corrected chi connectivity index (χ2v) is 3.81. The third kappa shape index (κ3) is 2.88. The molecule has 17 heavy (non-hydrogen) atoms. The molecule has 0 aromatic heterocycles. The molecule has 1 saturated heterocycles. The maximum Gasteiger partial charge on any atom is 0.338 e. The van der Waals surface area contributed by atoms with E-state index in [-0.39, 0.29) is 17.4 Å². The van der Waals surface area contributed by atoms with Crippen molar-refractivity contribution in [2.75, 3.05) is 20.3 Å². The molecular formula is C12H14O5. The van der Waals surface area contributed by atoms with Crippen molar-refractivity contribution in [3.63, 3.8) is 0 Å². The summed E-state index contributed by atoms with van der Waals surface area (Å²) in [5.41, 5.74) is 0.265. The molecule has 5 heteroatoms. The Balaban J connectivity index is 2.15. The van der Waals surface area contributed by atoms with Crippen LogP contribution in [0.15, 0.2) is 18.2 Å². The first-order valence-electron chi connectivity index (χ1n) is 5.36. The summed E-state index contributed by atoms with van der Waals surface area (Å²) in [6, 6.07) is 4.35. The molecular weight excluding hydrogens is 224 g/mol. The molecule has 0 bridgehead atoms. The lowest BCUT2D eigenvalue weighted by atomic mass is 10.2. The predicted octanol–water partition coefficient (Wildman–Crippen LogP) is 1.35. The lowest BCUT2D eigenvalue weighted by molar-refractivity contribution is 0.0599. The van der Waals surface area contributed by atoms with Gasteiger partial charge in [-0.05, 0) is 12.1 Å². The molecule has 1 N–H and O–H groups in total. The van der Waals surface area contributed by atoms with Crippen LogP contribution in [0.3, 0.4) is 0 Å². The first-order chi connectivity index (χ1) is 8.19. The highest BCUT2D eigenvalue weighted by molar-refractivity contribution is 5.90. The Morgan fingerprint density at radius 3 is 2.94 bits per heavy atom. The maximum absolute atomic E-state index is 11.3. The van der Waals surface area contributed by atoms with E-state index in [0.29, 0.717) is 19.0 Å². The van der Waals surface area contributed by atoms with Crippen molar-refractivity contribution in [1.29, 1.82) is 0 Å². The molecule has 0 spiro atoms. The van der Waals surface area contributed by atoms with Gasteiger partial charge in [-0.15, -0.1) is 0 Å². The number of benzene rings is 1. The third-order valence-electron chi connectivity index (χ3n) is 2.50. The van der Waals surface area contributed by atoms with Crippen molar-refractivity contribution in [3.8, 4) is 11.5 Å². The second-order valence-electron chi connectivity index (χ2n) is 3.81. The van der Waals surface area contributed by atoms with Crippen LogP contribution in [0.1, 0.15) is 16.8 Å². The van der Waals surface area contributed by atoms with E-state index in [2.05, 4.69) is 4.74 Å². The molecule has 92 valence electrons. The van der Waals surface area contributed by atoms with Crippen molar-refractivity contribution in [3.05, 3.63) is 23.8 Å². The summed E-state index contributed by atoms with van der Waals surface area (Å²) in [5, 5.41) is 9.49. The van der Waals surface area contributed by atoms with Gasteiger partial charge in [0.1, 0.15) is 17.6 Å². The number of esters is 1. The number of ether oxygens (including phenoxy) is 3. The number of methoxy groups -OCH3 is 1. The molecule has 1 fully saturated rings. The summed E-state index contributed by atoms with van der Waals surface area (Å²) in [6.07, 6.45) is 0.783. The summed E-state index contributed by atoms with van der Waals surface area (Å²) in [5.74, 6) is -0.0869. The summed E-state index contributed by atoms with van der Waals surface area (Å²) in [6.45, 7) is 1.20. The maximum atomic E-state index is 11.3. The predicted molar refractivity (Wildman–Crippen MR) is 59.3 cm³/mol. The van der Waals surface area contributed by atoms with Crippen LogP contribution in [0.25, 0.3) is 0 Å². The molecule has 1 aromatic rings. The van der Waals surface area contributed by atoms with Crippen LogP contribution >= 0.6 is 0 Å². The van der Waals surface area contributed by atoms with E-state index in [4.69, 9.17) is 9.47 Å². The van der Waals surface area contributed by atoms with Crippen LogP contribution in [-0.2, 0) is 9.47 Å². The number of hydrogen-bond acceptors (Lipinski definition) is 5. The van der Waals surface area contributed by atoms with Gasteiger partial charge in [0.05, 0.1) is 25.9 Å². The number of phenols is 1. The van der Waals surface area contributed by atoms with Crippen molar-refractivity contribution in [2.45, 2.75) is 12.5 Å². The minimum Gasteiger partial charge on any atom is -0.508 e. The van der Waals surface area contributed by atoms with Gasteiger partial charge in [0.2, 0.25) is 0 Å². The zero-order chi connectivity index (χ0) is 12.3. The smallest absolute Gasteiger partial charge is 0.338 e. The normalized spacial score (nSPS) is 19.0. The standard InChI is InChI=1S/C12H14O5/c1-15-12(14)8-4-9(13)6-11(5-8)17-10-2-3-16-7-10/h4-6,10,13H,2-3,7H2,1H3/t10-/m0/s1. The van der Waals surface area contributed by atoms with Gasteiger partial charge in [-0.25, -0.2) is 4.79 Å². The fourth-order valence-electron chi connectivity index (χ4n) is 1.69. The number of carbonyl (C=O) groups excluding carboxylic acids is 1. The Morgan fingerprint density at radius 1 is 1.47 bits per heavy atom. The molecule has 1 aromatic carbocycles. The quantitative estimate of drug-likeness (QED) is 0.805. The number of rotatable bonds is 3. The van der Waals surface area contributed by atoms with E-state index in [9.17, 15) is 9.90 Å². The fraction of sp³-hybridized carbons (Fsp3) is 0.417. The van der Waals surface area contributed by atoms with Gasteiger partial charge >= 0.3 is 5.97 Å². The van der Waals surface area contributed by atoms with Crippen LogP contribution in [0.2, 0.25) is 0 Å². The molecule has 0 aliphatic carbocycles. The van der Waals surface area contributed by atoms with Crippen molar-refractivity contribution < 1.29 is 24.1 Å². The van der Waals surface area contributed by atoms with Crippen LogP contribution in [0, 0.1) is 0 Å². The van der Waals surface area contributed by atoms with E-state index < -0.39 is 5.97 Å². The minimum atomic E-state index is -0.506. The number of aromatic hydroxyl groups is 1. The molecule has 0 unspecified atom stereocenters. The Kier molecular flexibility index (Phi) is 3.49. The Labute approximate surface area is 98.9 Å². The van der Waals surface area contributed by atoms with E-state index in [0.717, 1.165) is 6.42 Å². The molecule has 0 amide bonds. The molecule has 1 heterocycles. The minimum absolute atomic E-state index is 0.0257. The van der Waals surface area contributed by atoms with Gasteiger partial charge in [0, 0.05) is 12.5 Å². The van der Waals surface area contributed by atoms with Crippen molar-refractivity contribution >= 4 is 5.97 Å². The monoisotopic (exact) mass is 238 g/mol. The molecule has 1 atom stereocenters. The first kappa shape index (κ1) is 11.7. The van der Waals surface area contributed by atoms with E-state index in [1.54, 1.807) is 6.07 Å². The van der Waals surface area contributed by atoms with Crippen molar-refractivity contribution in [2.24, 2.45) is 0 Å². The molecule has 1 aliphatic rings. The van der Waals surface area contributed by atoms with Gasteiger partial charge in [0.15, 0.2) is 0 Å². The summed E-state index contributed by atoms with van der Waals surface area (Å²) < 4.78 is 15.4.